The quantitative estimate of drug-likeness (QED) is 0.821. The fourth-order valence-electron chi connectivity index (χ4n) is 1.47. The molecule has 1 nitrogen and oxygen atoms in total. The smallest absolute Gasteiger partial charge is 0.144 e. The highest BCUT2D eigenvalue weighted by Crippen LogP contribution is 2.21. The molecule has 3 heteroatoms. The van der Waals surface area contributed by atoms with Crippen LogP contribution in [-0.4, -0.2) is 6.54 Å². The first-order valence-electron chi connectivity index (χ1n) is 4.78. The fraction of sp³-hybridized carbons (Fsp3) is 0.455. The summed E-state index contributed by atoms with van der Waals surface area (Å²) in [5, 5.41) is 0.197. The van der Waals surface area contributed by atoms with E-state index in [-0.39, 0.29) is 10.8 Å². The Kier molecular flexibility index (Phi) is 4.36. The summed E-state index contributed by atoms with van der Waals surface area (Å²) >= 11 is 5.67. The summed E-state index contributed by atoms with van der Waals surface area (Å²) in [6.07, 6.45) is 1.61. The predicted molar refractivity (Wildman–Crippen MR) is 57.9 cm³/mol. The van der Waals surface area contributed by atoms with Crippen LogP contribution in [-0.2, 0) is 6.42 Å². The second-order valence-corrected chi connectivity index (χ2v) is 4.01. The third-order valence-electron chi connectivity index (χ3n) is 2.26. The Morgan fingerprint density at radius 1 is 1.50 bits per heavy atom. The molecule has 0 spiro atoms. The van der Waals surface area contributed by atoms with Crippen LogP contribution in [0.3, 0.4) is 0 Å². The van der Waals surface area contributed by atoms with Gasteiger partial charge in [-0.2, -0.15) is 0 Å². The molecule has 1 aromatic rings. The van der Waals surface area contributed by atoms with Crippen LogP contribution in [0.4, 0.5) is 4.39 Å². The molecule has 78 valence electrons. The number of hydrogen-bond acceptors (Lipinski definition) is 1. The number of hydrogen-bond donors (Lipinski definition) is 1. The normalized spacial score (nSPS) is 12.9. The maximum Gasteiger partial charge on any atom is 0.144 e. The van der Waals surface area contributed by atoms with Gasteiger partial charge in [-0.1, -0.05) is 30.7 Å². The molecule has 1 aromatic carbocycles. The van der Waals surface area contributed by atoms with Gasteiger partial charge in [0.1, 0.15) is 5.82 Å². The molecule has 0 aliphatic rings. The molecule has 0 saturated heterocycles. The molecule has 0 aliphatic carbocycles. The zero-order valence-corrected chi connectivity index (χ0v) is 9.02. The van der Waals surface area contributed by atoms with E-state index in [4.69, 9.17) is 17.3 Å². The van der Waals surface area contributed by atoms with E-state index >= 15 is 0 Å². The summed E-state index contributed by atoms with van der Waals surface area (Å²) in [5.74, 6) is 0.103. The summed E-state index contributed by atoms with van der Waals surface area (Å²) in [6, 6.07) is 5.11. The van der Waals surface area contributed by atoms with Crippen molar-refractivity contribution in [1.82, 2.24) is 0 Å². The first kappa shape index (κ1) is 11.5. The highest BCUT2D eigenvalue weighted by Gasteiger charge is 2.09. The molecule has 0 fully saturated rings. The number of nitrogens with two attached hydrogens (primary N) is 1. The van der Waals surface area contributed by atoms with Crippen LogP contribution in [0.1, 0.15) is 18.9 Å². The molecule has 0 heterocycles. The standard InChI is InChI=1S/C11H15ClFN/c1-8(5-6-14)7-9-3-2-4-10(12)11(9)13/h2-4,8H,5-7,14H2,1H3. The molecule has 0 amide bonds. The van der Waals surface area contributed by atoms with Gasteiger partial charge < -0.3 is 5.73 Å². The first-order chi connectivity index (χ1) is 6.65. The van der Waals surface area contributed by atoms with Gasteiger partial charge in [-0.05, 0) is 36.9 Å². The number of benzene rings is 1. The first-order valence-corrected chi connectivity index (χ1v) is 5.16. The fourth-order valence-corrected chi connectivity index (χ4v) is 1.66. The Hall–Kier alpha value is -0.600. The number of halogens is 2. The Bertz CT molecular complexity index is 301. The zero-order valence-electron chi connectivity index (χ0n) is 8.26. The van der Waals surface area contributed by atoms with Crippen LogP contribution in [0.2, 0.25) is 5.02 Å². The molecule has 2 N–H and O–H groups in total. The zero-order chi connectivity index (χ0) is 10.6. The average molecular weight is 216 g/mol. The van der Waals surface area contributed by atoms with Crippen LogP contribution >= 0.6 is 11.6 Å². The van der Waals surface area contributed by atoms with Crippen molar-refractivity contribution >= 4 is 11.6 Å². The van der Waals surface area contributed by atoms with Gasteiger partial charge in [0, 0.05) is 0 Å². The van der Waals surface area contributed by atoms with Crippen molar-refractivity contribution in [3.8, 4) is 0 Å². The maximum atomic E-state index is 13.4. The average Bonchev–Trinajstić information content (AvgIpc) is 2.13. The van der Waals surface area contributed by atoms with Crippen molar-refractivity contribution in [2.45, 2.75) is 19.8 Å². The van der Waals surface area contributed by atoms with E-state index in [0.29, 0.717) is 24.4 Å². The lowest BCUT2D eigenvalue weighted by Crippen LogP contribution is -2.09. The van der Waals surface area contributed by atoms with Gasteiger partial charge in [0.15, 0.2) is 0 Å². The predicted octanol–water partition coefficient (Wildman–Crippen LogP) is 3.01. The molecule has 1 rings (SSSR count). The minimum absolute atomic E-state index is 0.197. The molecule has 0 aliphatic heterocycles. The Morgan fingerprint density at radius 2 is 2.21 bits per heavy atom. The summed E-state index contributed by atoms with van der Waals surface area (Å²) in [6.45, 7) is 2.70. The molecular weight excluding hydrogens is 201 g/mol. The Balaban J connectivity index is 2.71. The monoisotopic (exact) mass is 215 g/mol. The molecular formula is C11H15ClFN. The van der Waals surface area contributed by atoms with E-state index in [1.807, 2.05) is 0 Å². The Labute approximate surface area is 89.1 Å². The second kappa shape index (κ2) is 5.32. The van der Waals surface area contributed by atoms with Crippen molar-refractivity contribution in [1.29, 1.82) is 0 Å². The molecule has 0 aromatic heterocycles. The molecule has 0 bridgehead atoms. The van der Waals surface area contributed by atoms with Gasteiger partial charge in [-0.3, -0.25) is 0 Å². The minimum Gasteiger partial charge on any atom is -0.330 e. The van der Waals surface area contributed by atoms with E-state index in [1.165, 1.54) is 0 Å². The summed E-state index contributed by atoms with van der Waals surface area (Å²) < 4.78 is 13.4. The third-order valence-corrected chi connectivity index (χ3v) is 2.55. The summed E-state index contributed by atoms with van der Waals surface area (Å²) in [5.41, 5.74) is 6.11. The molecule has 1 unspecified atom stereocenters. The lowest BCUT2D eigenvalue weighted by Gasteiger charge is -2.10. The highest BCUT2D eigenvalue weighted by atomic mass is 35.5. The second-order valence-electron chi connectivity index (χ2n) is 3.60. The van der Waals surface area contributed by atoms with Crippen molar-refractivity contribution < 1.29 is 4.39 Å². The third kappa shape index (κ3) is 2.96. The molecule has 0 radical (unpaired) electrons. The van der Waals surface area contributed by atoms with Crippen molar-refractivity contribution in [2.75, 3.05) is 6.54 Å². The molecule has 1 atom stereocenters. The topological polar surface area (TPSA) is 26.0 Å². The van der Waals surface area contributed by atoms with Crippen LogP contribution in [0.15, 0.2) is 18.2 Å². The van der Waals surface area contributed by atoms with Gasteiger partial charge >= 0.3 is 0 Å². The summed E-state index contributed by atoms with van der Waals surface area (Å²) in [4.78, 5) is 0. The van der Waals surface area contributed by atoms with Crippen LogP contribution in [0.25, 0.3) is 0 Å². The van der Waals surface area contributed by atoms with Gasteiger partial charge in [0.05, 0.1) is 5.02 Å². The van der Waals surface area contributed by atoms with Crippen LogP contribution < -0.4 is 5.73 Å². The molecule has 14 heavy (non-hydrogen) atoms. The highest BCUT2D eigenvalue weighted by molar-refractivity contribution is 6.30. The van der Waals surface area contributed by atoms with Gasteiger partial charge in [0.25, 0.3) is 0 Å². The van der Waals surface area contributed by atoms with Crippen molar-refractivity contribution in [3.63, 3.8) is 0 Å². The van der Waals surface area contributed by atoms with E-state index in [0.717, 1.165) is 6.42 Å². The number of rotatable bonds is 4. The Morgan fingerprint density at radius 3 is 2.86 bits per heavy atom. The maximum absolute atomic E-state index is 13.4. The van der Waals surface area contributed by atoms with Gasteiger partial charge in [0.2, 0.25) is 0 Å². The van der Waals surface area contributed by atoms with E-state index in [9.17, 15) is 4.39 Å². The van der Waals surface area contributed by atoms with Crippen LogP contribution in [0, 0.1) is 11.7 Å². The van der Waals surface area contributed by atoms with E-state index < -0.39 is 0 Å². The lowest BCUT2D eigenvalue weighted by molar-refractivity contribution is 0.516. The largest absolute Gasteiger partial charge is 0.330 e. The van der Waals surface area contributed by atoms with E-state index in [2.05, 4.69) is 6.92 Å². The lowest BCUT2D eigenvalue weighted by atomic mass is 9.98. The minimum atomic E-state index is -0.293. The van der Waals surface area contributed by atoms with Gasteiger partial charge in [-0.15, -0.1) is 0 Å². The van der Waals surface area contributed by atoms with E-state index in [1.54, 1.807) is 18.2 Å². The van der Waals surface area contributed by atoms with Crippen molar-refractivity contribution in [3.05, 3.63) is 34.6 Å². The van der Waals surface area contributed by atoms with Crippen LogP contribution in [0.5, 0.6) is 0 Å². The van der Waals surface area contributed by atoms with Crippen molar-refractivity contribution in [2.24, 2.45) is 11.7 Å². The summed E-state index contributed by atoms with van der Waals surface area (Å²) in [7, 11) is 0. The molecule has 0 saturated carbocycles. The SMILES string of the molecule is CC(CCN)Cc1cccc(Cl)c1F. The van der Waals surface area contributed by atoms with Gasteiger partial charge in [-0.25, -0.2) is 4.39 Å².